The van der Waals surface area contributed by atoms with Crippen molar-refractivity contribution in [3.05, 3.63) is 34.3 Å². The summed E-state index contributed by atoms with van der Waals surface area (Å²) in [6, 6.07) is 8.88. The Bertz CT molecular complexity index is 514. The Balaban J connectivity index is 0.00000176. The molecule has 1 aromatic carbocycles. The van der Waals surface area contributed by atoms with Crippen LogP contribution in [0.2, 0.25) is 0 Å². The molecule has 2 fully saturated rings. The van der Waals surface area contributed by atoms with Crippen LogP contribution in [0, 0.1) is 0 Å². The molecule has 0 saturated carbocycles. The molecule has 0 aliphatic carbocycles. The van der Waals surface area contributed by atoms with Crippen molar-refractivity contribution in [1.29, 1.82) is 0 Å². The Kier molecular flexibility index (Phi) is 6.68. The summed E-state index contributed by atoms with van der Waals surface area (Å²) in [6.45, 7) is 5.38. The summed E-state index contributed by atoms with van der Waals surface area (Å²) in [5, 5.41) is 3.15. The SMILES string of the molecule is Cl.O=C1CNCCN1C1CCCN(Cc2cccc(Br)c2)C1. The van der Waals surface area contributed by atoms with E-state index in [4.69, 9.17) is 0 Å². The molecule has 2 aliphatic heterocycles. The van der Waals surface area contributed by atoms with Gasteiger partial charge in [0.15, 0.2) is 0 Å². The average molecular weight is 389 g/mol. The lowest BCUT2D eigenvalue weighted by molar-refractivity contribution is -0.135. The number of likely N-dealkylation sites (tertiary alicyclic amines) is 1. The van der Waals surface area contributed by atoms with Crippen LogP contribution in [0.4, 0.5) is 0 Å². The van der Waals surface area contributed by atoms with Gasteiger partial charge in [0, 0.05) is 36.7 Å². The van der Waals surface area contributed by atoms with E-state index in [1.165, 1.54) is 12.0 Å². The lowest BCUT2D eigenvalue weighted by Crippen LogP contribution is -2.56. The molecule has 1 aromatic rings. The fourth-order valence-electron chi connectivity index (χ4n) is 3.33. The van der Waals surface area contributed by atoms with Crippen molar-refractivity contribution in [3.8, 4) is 0 Å². The van der Waals surface area contributed by atoms with E-state index in [0.717, 1.165) is 43.6 Å². The molecule has 1 N–H and O–H groups in total. The van der Waals surface area contributed by atoms with Crippen molar-refractivity contribution >= 4 is 34.2 Å². The van der Waals surface area contributed by atoms with Crippen molar-refractivity contribution < 1.29 is 4.79 Å². The molecule has 2 aliphatic rings. The number of carbonyl (C=O) groups is 1. The molecular weight excluding hydrogens is 366 g/mol. The van der Waals surface area contributed by atoms with Crippen molar-refractivity contribution in [2.24, 2.45) is 0 Å². The zero-order valence-electron chi connectivity index (χ0n) is 12.6. The van der Waals surface area contributed by atoms with Gasteiger partial charge in [0.1, 0.15) is 0 Å². The number of benzene rings is 1. The van der Waals surface area contributed by atoms with E-state index in [1.807, 2.05) is 0 Å². The second-order valence-electron chi connectivity index (χ2n) is 5.92. The summed E-state index contributed by atoms with van der Waals surface area (Å²) in [7, 11) is 0. The van der Waals surface area contributed by atoms with Gasteiger partial charge < -0.3 is 10.2 Å². The highest BCUT2D eigenvalue weighted by Gasteiger charge is 2.29. The second kappa shape index (κ2) is 8.29. The quantitative estimate of drug-likeness (QED) is 0.863. The minimum Gasteiger partial charge on any atom is -0.336 e. The van der Waals surface area contributed by atoms with E-state index in [-0.39, 0.29) is 18.3 Å². The first-order valence-corrected chi connectivity index (χ1v) is 8.48. The lowest BCUT2D eigenvalue weighted by Gasteiger charge is -2.41. The van der Waals surface area contributed by atoms with Crippen LogP contribution in [0.3, 0.4) is 0 Å². The van der Waals surface area contributed by atoms with Crippen molar-refractivity contribution in [2.75, 3.05) is 32.7 Å². The van der Waals surface area contributed by atoms with Gasteiger partial charge in [0.25, 0.3) is 0 Å². The fraction of sp³-hybridized carbons (Fsp3) is 0.562. The number of piperazine rings is 1. The van der Waals surface area contributed by atoms with Crippen LogP contribution in [-0.2, 0) is 11.3 Å². The molecule has 0 radical (unpaired) electrons. The van der Waals surface area contributed by atoms with Crippen LogP contribution in [0.1, 0.15) is 18.4 Å². The van der Waals surface area contributed by atoms with Gasteiger partial charge in [-0.1, -0.05) is 28.1 Å². The predicted molar refractivity (Wildman–Crippen MR) is 94.3 cm³/mol. The number of amides is 1. The van der Waals surface area contributed by atoms with Gasteiger partial charge in [-0.25, -0.2) is 0 Å². The topological polar surface area (TPSA) is 35.6 Å². The molecule has 22 heavy (non-hydrogen) atoms. The van der Waals surface area contributed by atoms with Gasteiger partial charge >= 0.3 is 0 Å². The first-order valence-electron chi connectivity index (χ1n) is 7.69. The summed E-state index contributed by atoms with van der Waals surface area (Å²) in [5.41, 5.74) is 1.33. The maximum atomic E-state index is 12.0. The monoisotopic (exact) mass is 387 g/mol. The van der Waals surface area contributed by atoms with Crippen LogP contribution in [0.25, 0.3) is 0 Å². The standard InChI is InChI=1S/C16H22BrN3O.ClH/c17-14-4-1-3-13(9-14)11-19-7-2-5-15(12-19)20-8-6-18-10-16(20)21;/h1,3-4,9,15,18H,2,5-8,10-12H2;1H. The van der Waals surface area contributed by atoms with E-state index in [9.17, 15) is 4.79 Å². The van der Waals surface area contributed by atoms with Gasteiger partial charge in [-0.05, 0) is 37.1 Å². The third-order valence-electron chi connectivity index (χ3n) is 4.34. The highest BCUT2D eigenvalue weighted by atomic mass is 79.9. The van der Waals surface area contributed by atoms with E-state index in [0.29, 0.717) is 12.6 Å². The summed E-state index contributed by atoms with van der Waals surface area (Å²) >= 11 is 3.53. The molecule has 122 valence electrons. The minimum atomic E-state index is 0. The molecular formula is C16H23BrClN3O. The minimum absolute atomic E-state index is 0. The predicted octanol–water partition coefficient (Wildman–Crippen LogP) is 2.27. The summed E-state index contributed by atoms with van der Waals surface area (Å²) in [6.07, 6.45) is 2.32. The van der Waals surface area contributed by atoms with Crippen molar-refractivity contribution in [2.45, 2.75) is 25.4 Å². The van der Waals surface area contributed by atoms with Gasteiger partial charge in [0.05, 0.1) is 6.54 Å². The largest absolute Gasteiger partial charge is 0.336 e. The Morgan fingerprint density at radius 3 is 2.95 bits per heavy atom. The van der Waals surface area contributed by atoms with Gasteiger partial charge in [0.2, 0.25) is 5.91 Å². The summed E-state index contributed by atoms with van der Waals surface area (Å²) in [4.78, 5) is 16.6. The van der Waals surface area contributed by atoms with Crippen LogP contribution >= 0.6 is 28.3 Å². The first kappa shape index (κ1) is 17.7. The summed E-state index contributed by atoms with van der Waals surface area (Å²) < 4.78 is 1.13. The third-order valence-corrected chi connectivity index (χ3v) is 4.84. The Labute approximate surface area is 146 Å². The lowest BCUT2D eigenvalue weighted by atomic mass is 10.0. The van der Waals surface area contributed by atoms with Gasteiger partial charge in [-0.15, -0.1) is 12.4 Å². The van der Waals surface area contributed by atoms with Crippen LogP contribution in [-0.4, -0.2) is 54.5 Å². The normalized spacial score (nSPS) is 23.2. The Morgan fingerprint density at radius 1 is 1.32 bits per heavy atom. The van der Waals surface area contributed by atoms with Crippen LogP contribution < -0.4 is 5.32 Å². The zero-order chi connectivity index (χ0) is 14.7. The smallest absolute Gasteiger partial charge is 0.236 e. The molecule has 1 amide bonds. The molecule has 4 nitrogen and oxygen atoms in total. The average Bonchev–Trinajstić information content (AvgIpc) is 2.48. The number of nitrogens with zero attached hydrogens (tertiary/aromatic N) is 2. The molecule has 6 heteroatoms. The molecule has 0 aromatic heterocycles. The molecule has 1 atom stereocenters. The molecule has 3 rings (SSSR count). The molecule has 0 spiro atoms. The molecule has 1 unspecified atom stereocenters. The Hall–Kier alpha value is -0.620. The van der Waals surface area contributed by atoms with Crippen LogP contribution in [0.15, 0.2) is 28.7 Å². The van der Waals surface area contributed by atoms with Gasteiger partial charge in [-0.3, -0.25) is 9.69 Å². The maximum Gasteiger partial charge on any atom is 0.236 e. The second-order valence-corrected chi connectivity index (χ2v) is 6.84. The zero-order valence-corrected chi connectivity index (χ0v) is 15.0. The molecule has 2 heterocycles. The highest BCUT2D eigenvalue weighted by molar-refractivity contribution is 9.10. The number of piperidine rings is 1. The Morgan fingerprint density at radius 2 is 2.18 bits per heavy atom. The first-order chi connectivity index (χ1) is 10.2. The fourth-order valence-corrected chi connectivity index (χ4v) is 3.78. The van der Waals surface area contributed by atoms with E-state index in [2.05, 4.69) is 55.3 Å². The number of hydrogen-bond acceptors (Lipinski definition) is 3. The molecule has 0 bridgehead atoms. The van der Waals surface area contributed by atoms with E-state index >= 15 is 0 Å². The van der Waals surface area contributed by atoms with Crippen molar-refractivity contribution in [1.82, 2.24) is 15.1 Å². The van der Waals surface area contributed by atoms with E-state index < -0.39 is 0 Å². The van der Waals surface area contributed by atoms with Gasteiger partial charge in [-0.2, -0.15) is 0 Å². The van der Waals surface area contributed by atoms with Crippen molar-refractivity contribution in [3.63, 3.8) is 0 Å². The maximum absolute atomic E-state index is 12.0. The number of carbonyl (C=O) groups excluding carboxylic acids is 1. The van der Waals surface area contributed by atoms with Crippen LogP contribution in [0.5, 0.6) is 0 Å². The molecule has 2 saturated heterocycles. The number of halogens is 2. The number of rotatable bonds is 3. The summed E-state index contributed by atoms with van der Waals surface area (Å²) in [5.74, 6) is 0.260. The highest BCUT2D eigenvalue weighted by Crippen LogP contribution is 2.20. The number of nitrogens with one attached hydrogen (secondary N) is 1. The van der Waals surface area contributed by atoms with E-state index in [1.54, 1.807) is 0 Å². The third kappa shape index (κ3) is 4.44. The number of hydrogen-bond donors (Lipinski definition) is 1.